The number of hydrogen-bond acceptors (Lipinski definition) is 2. The molecule has 0 fully saturated rings. The summed E-state index contributed by atoms with van der Waals surface area (Å²) in [6.07, 6.45) is 0. The highest BCUT2D eigenvalue weighted by atomic mass is 35.5. The largest absolute Gasteiger partial charge is 0.355 e. The van der Waals surface area contributed by atoms with Gasteiger partial charge in [0.15, 0.2) is 0 Å². The lowest BCUT2D eigenvalue weighted by molar-refractivity contribution is 1.37. The summed E-state index contributed by atoms with van der Waals surface area (Å²) < 4.78 is 0. The lowest BCUT2D eigenvalue weighted by Gasteiger charge is -2.11. The molecule has 3 rings (SSSR count). The summed E-state index contributed by atoms with van der Waals surface area (Å²) in [5.74, 6) is 0. The van der Waals surface area contributed by atoms with E-state index in [1.165, 1.54) is 11.1 Å². The van der Waals surface area contributed by atoms with E-state index in [9.17, 15) is 0 Å². The Morgan fingerprint density at radius 1 is 0.950 bits per heavy atom. The number of nitrogens with zero attached hydrogens (tertiary/aromatic N) is 1. The number of para-hydroxylation sites is 1. The van der Waals surface area contributed by atoms with E-state index in [0.29, 0.717) is 5.15 Å². The van der Waals surface area contributed by atoms with E-state index in [2.05, 4.69) is 42.3 Å². The molecule has 2 aromatic carbocycles. The lowest BCUT2D eigenvalue weighted by Crippen LogP contribution is -1.94. The fourth-order valence-electron chi connectivity index (χ4n) is 2.45. The predicted molar refractivity (Wildman–Crippen MR) is 86.0 cm³/mol. The average molecular weight is 283 g/mol. The highest BCUT2D eigenvalue weighted by Crippen LogP contribution is 2.28. The van der Waals surface area contributed by atoms with Crippen molar-refractivity contribution in [2.45, 2.75) is 13.8 Å². The van der Waals surface area contributed by atoms with Gasteiger partial charge in [0.2, 0.25) is 0 Å². The third kappa shape index (κ3) is 2.61. The molecular weight excluding hydrogens is 268 g/mol. The van der Waals surface area contributed by atoms with E-state index in [0.717, 1.165) is 22.3 Å². The molecule has 0 aliphatic rings. The summed E-state index contributed by atoms with van der Waals surface area (Å²) in [4.78, 5) is 4.34. The summed E-state index contributed by atoms with van der Waals surface area (Å²) in [6, 6.07) is 16.2. The summed E-state index contributed by atoms with van der Waals surface area (Å²) in [6.45, 7) is 4.19. The van der Waals surface area contributed by atoms with Gasteiger partial charge in [0, 0.05) is 11.1 Å². The molecule has 0 aliphatic carbocycles. The van der Waals surface area contributed by atoms with Crippen LogP contribution in [-0.4, -0.2) is 4.98 Å². The summed E-state index contributed by atoms with van der Waals surface area (Å²) in [7, 11) is 0. The van der Waals surface area contributed by atoms with Gasteiger partial charge in [-0.1, -0.05) is 35.9 Å². The molecule has 2 nitrogen and oxygen atoms in total. The lowest BCUT2D eigenvalue weighted by atomic mass is 10.1. The van der Waals surface area contributed by atoms with E-state index in [4.69, 9.17) is 11.6 Å². The minimum atomic E-state index is 0.496. The van der Waals surface area contributed by atoms with Crippen LogP contribution in [0.5, 0.6) is 0 Å². The van der Waals surface area contributed by atoms with Crippen LogP contribution in [0, 0.1) is 13.8 Å². The molecule has 0 atom stereocenters. The van der Waals surface area contributed by atoms with Gasteiger partial charge < -0.3 is 5.32 Å². The highest BCUT2D eigenvalue weighted by Gasteiger charge is 2.05. The predicted octanol–water partition coefficient (Wildman–Crippen LogP) is 5.25. The molecule has 0 amide bonds. The fourth-order valence-corrected chi connectivity index (χ4v) is 2.65. The van der Waals surface area contributed by atoms with Crippen molar-refractivity contribution >= 4 is 33.9 Å². The Morgan fingerprint density at radius 2 is 1.65 bits per heavy atom. The molecule has 0 saturated heterocycles. The van der Waals surface area contributed by atoms with Crippen LogP contribution in [0.25, 0.3) is 10.9 Å². The van der Waals surface area contributed by atoms with Gasteiger partial charge in [0.25, 0.3) is 0 Å². The second-order valence-electron chi connectivity index (χ2n) is 5.01. The third-order valence-corrected chi connectivity index (χ3v) is 3.38. The van der Waals surface area contributed by atoms with E-state index < -0.39 is 0 Å². The quantitative estimate of drug-likeness (QED) is 0.650. The van der Waals surface area contributed by atoms with E-state index in [-0.39, 0.29) is 0 Å². The average Bonchev–Trinajstić information content (AvgIpc) is 2.37. The molecule has 20 heavy (non-hydrogen) atoms. The van der Waals surface area contributed by atoms with Crippen molar-refractivity contribution in [1.82, 2.24) is 4.98 Å². The molecule has 1 aromatic heterocycles. The third-order valence-electron chi connectivity index (χ3n) is 3.19. The number of anilines is 2. The highest BCUT2D eigenvalue weighted by molar-refractivity contribution is 6.30. The van der Waals surface area contributed by atoms with Crippen molar-refractivity contribution in [3.8, 4) is 0 Å². The topological polar surface area (TPSA) is 24.9 Å². The molecular formula is C17H15ClN2. The summed E-state index contributed by atoms with van der Waals surface area (Å²) in [5.41, 5.74) is 5.40. The van der Waals surface area contributed by atoms with Crippen LogP contribution in [0.2, 0.25) is 5.15 Å². The minimum absolute atomic E-state index is 0.496. The van der Waals surface area contributed by atoms with Crippen molar-refractivity contribution in [3.63, 3.8) is 0 Å². The Labute approximate surface area is 123 Å². The van der Waals surface area contributed by atoms with Crippen molar-refractivity contribution < 1.29 is 0 Å². The van der Waals surface area contributed by atoms with Gasteiger partial charge in [-0.3, -0.25) is 0 Å². The molecule has 0 saturated carbocycles. The molecule has 1 heterocycles. The Morgan fingerprint density at radius 3 is 2.40 bits per heavy atom. The second kappa shape index (κ2) is 5.14. The monoisotopic (exact) mass is 282 g/mol. The SMILES string of the molecule is Cc1cc(C)cc(Nc2cc(Cl)nc3ccccc23)c1. The normalized spacial score (nSPS) is 10.8. The zero-order valence-electron chi connectivity index (χ0n) is 11.4. The first kappa shape index (κ1) is 12.9. The van der Waals surface area contributed by atoms with Crippen molar-refractivity contribution in [2.75, 3.05) is 5.32 Å². The maximum absolute atomic E-state index is 6.10. The van der Waals surface area contributed by atoms with E-state index in [1.54, 1.807) is 0 Å². The number of fused-ring (bicyclic) bond motifs is 1. The van der Waals surface area contributed by atoms with Gasteiger partial charge in [-0.15, -0.1) is 0 Å². The number of rotatable bonds is 2. The van der Waals surface area contributed by atoms with E-state index >= 15 is 0 Å². The molecule has 0 aliphatic heterocycles. The number of aryl methyl sites for hydroxylation is 2. The molecule has 0 spiro atoms. The maximum atomic E-state index is 6.10. The van der Waals surface area contributed by atoms with Crippen LogP contribution < -0.4 is 5.32 Å². The van der Waals surface area contributed by atoms with Crippen molar-refractivity contribution in [3.05, 3.63) is 64.8 Å². The first-order valence-corrected chi connectivity index (χ1v) is 6.90. The van der Waals surface area contributed by atoms with Crippen molar-refractivity contribution in [1.29, 1.82) is 0 Å². The summed E-state index contributed by atoms with van der Waals surface area (Å²) in [5, 5.41) is 5.01. The number of halogens is 1. The zero-order chi connectivity index (χ0) is 14.1. The smallest absolute Gasteiger partial charge is 0.131 e. The van der Waals surface area contributed by atoms with Crippen molar-refractivity contribution in [2.24, 2.45) is 0 Å². The standard InChI is InChI=1S/C17H15ClN2/c1-11-7-12(2)9-13(8-11)19-16-10-17(18)20-15-6-4-3-5-14(15)16/h3-10H,1-2H3,(H,19,20). The molecule has 3 heteroatoms. The number of nitrogens with one attached hydrogen (secondary N) is 1. The van der Waals surface area contributed by atoms with Crippen LogP contribution in [-0.2, 0) is 0 Å². The minimum Gasteiger partial charge on any atom is -0.355 e. The Kier molecular flexibility index (Phi) is 3.33. The Bertz CT molecular complexity index is 761. The van der Waals surface area contributed by atoms with Gasteiger partial charge in [-0.2, -0.15) is 0 Å². The van der Waals surface area contributed by atoms with E-state index in [1.807, 2.05) is 30.3 Å². The van der Waals surface area contributed by atoms with Crippen LogP contribution in [0.15, 0.2) is 48.5 Å². The van der Waals surface area contributed by atoms with Crippen LogP contribution >= 0.6 is 11.6 Å². The van der Waals surface area contributed by atoms with Crippen LogP contribution in [0.1, 0.15) is 11.1 Å². The fraction of sp³-hybridized carbons (Fsp3) is 0.118. The first-order valence-electron chi connectivity index (χ1n) is 6.52. The van der Waals surface area contributed by atoms with Gasteiger partial charge >= 0.3 is 0 Å². The van der Waals surface area contributed by atoms with Gasteiger partial charge in [0.05, 0.1) is 11.2 Å². The molecule has 1 N–H and O–H groups in total. The molecule has 0 radical (unpaired) electrons. The van der Waals surface area contributed by atoms with Crippen LogP contribution in [0.4, 0.5) is 11.4 Å². The second-order valence-corrected chi connectivity index (χ2v) is 5.40. The first-order chi connectivity index (χ1) is 9.61. The summed E-state index contributed by atoms with van der Waals surface area (Å²) >= 11 is 6.10. The zero-order valence-corrected chi connectivity index (χ0v) is 12.2. The number of aromatic nitrogens is 1. The van der Waals surface area contributed by atoms with Gasteiger partial charge in [-0.05, 0) is 49.2 Å². The maximum Gasteiger partial charge on any atom is 0.131 e. The molecule has 0 unspecified atom stereocenters. The number of benzene rings is 2. The number of pyridine rings is 1. The van der Waals surface area contributed by atoms with Crippen LogP contribution in [0.3, 0.4) is 0 Å². The Balaban J connectivity index is 2.10. The Hall–Kier alpha value is -2.06. The molecule has 0 bridgehead atoms. The number of hydrogen-bond donors (Lipinski definition) is 1. The van der Waals surface area contributed by atoms with Gasteiger partial charge in [0.1, 0.15) is 5.15 Å². The molecule has 3 aromatic rings. The van der Waals surface area contributed by atoms with Gasteiger partial charge in [-0.25, -0.2) is 4.98 Å². The molecule has 100 valence electrons.